The standard InChI is InChI=1S/C24H38N4O3.HI/c1-4-31-22-15-17(10-13-21(22)30-3)7-6-14-26-24(25-2)28-20-9-5-8-18(16-20)23(29)27-19-11-12-19;/h10,13,15,18-20H,4-9,11-12,14,16H2,1-3H3,(H,27,29)(H2,25,26,28);1H. The van der Waals surface area contributed by atoms with Crippen LogP contribution in [0.25, 0.3) is 0 Å². The quantitative estimate of drug-likeness (QED) is 0.177. The maximum absolute atomic E-state index is 12.4. The van der Waals surface area contributed by atoms with Gasteiger partial charge in [0.15, 0.2) is 17.5 Å². The molecule has 0 bridgehead atoms. The van der Waals surface area contributed by atoms with Crippen LogP contribution in [0.3, 0.4) is 0 Å². The van der Waals surface area contributed by atoms with Crippen molar-refractivity contribution in [3.8, 4) is 11.5 Å². The Bertz CT molecular complexity index is 755. The van der Waals surface area contributed by atoms with Gasteiger partial charge in [-0.1, -0.05) is 12.5 Å². The number of benzene rings is 1. The average molecular weight is 559 g/mol. The first-order valence-corrected chi connectivity index (χ1v) is 11.7. The van der Waals surface area contributed by atoms with E-state index in [4.69, 9.17) is 9.47 Å². The van der Waals surface area contributed by atoms with Crippen LogP contribution in [0.5, 0.6) is 11.5 Å². The lowest BCUT2D eigenvalue weighted by molar-refractivity contribution is -0.126. The Morgan fingerprint density at radius 3 is 2.62 bits per heavy atom. The second-order valence-corrected chi connectivity index (χ2v) is 8.51. The highest BCUT2D eigenvalue weighted by Crippen LogP contribution is 2.29. The van der Waals surface area contributed by atoms with Gasteiger partial charge in [0.1, 0.15) is 0 Å². The summed E-state index contributed by atoms with van der Waals surface area (Å²) >= 11 is 0. The Hall–Kier alpha value is -1.71. The predicted octanol–water partition coefficient (Wildman–Crippen LogP) is 3.65. The third-order valence-electron chi connectivity index (χ3n) is 6.00. The van der Waals surface area contributed by atoms with Crippen LogP contribution in [0.15, 0.2) is 23.2 Å². The number of halogens is 1. The van der Waals surface area contributed by atoms with E-state index < -0.39 is 0 Å². The molecule has 0 aromatic heterocycles. The Morgan fingerprint density at radius 1 is 1.12 bits per heavy atom. The van der Waals surface area contributed by atoms with Crippen LogP contribution in [-0.2, 0) is 11.2 Å². The number of hydrogen-bond acceptors (Lipinski definition) is 4. The predicted molar refractivity (Wildman–Crippen MR) is 139 cm³/mol. The molecule has 2 unspecified atom stereocenters. The molecular weight excluding hydrogens is 519 g/mol. The Labute approximate surface area is 209 Å². The molecule has 0 aliphatic heterocycles. The number of carbonyl (C=O) groups is 1. The fourth-order valence-electron chi connectivity index (χ4n) is 4.14. The zero-order valence-corrected chi connectivity index (χ0v) is 21.9. The van der Waals surface area contributed by atoms with E-state index in [1.54, 1.807) is 14.2 Å². The van der Waals surface area contributed by atoms with E-state index in [2.05, 4.69) is 33.1 Å². The summed E-state index contributed by atoms with van der Waals surface area (Å²) in [6.07, 6.45) is 8.24. The number of hydrogen-bond donors (Lipinski definition) is 3. The van der Waals surface area contributed by atoms with Crippen LogP contribution in [0.1, 0.15) is 57.4 Å². The summed E-state index contributed by atoms with van der Waals surface area (Å²) < 4.78 is 11.0. The second-order valence-electron chi connectivity index (χ2n) is 8.51. The van der Waals surface area contributed by atoms with Crippen LogP contribution in [0.4, 0.5) is 0 Å². The summed E-state index contributed by atoms with van der Waals surface area (Å²) in [7, 11) is 3.46. The molecule has 0 spiro atoms. The molecule has 8 heteroatoms. The fraction of sp³-hybridized carbons (Fsp3) is 0.667. The molecule has 0 radical (unpaired) electrons. The molecule has 1 amide bonds. The molecule has 2 aliphatic carbocycles. The minimum Gasteiger partial charge on any atom is -0.493 e. The third-order valence-corrected chi connectivity index (χ3v) is 6.00. The molecule has 7 nitrogen and oxygen atoms in total. The SMILES string of the molecule is CCOc1cc(CCCNC(=NC)NC2CCCC(C(=O)NC3CC3)C2)ccc1OC.I. The molecular formula is C24H39IN4O3. The first-order valence-electron chi connectivity index (χ1n) is 11.7. The van der Waals surface area contributed by atoms with E-state index in [-0.39, 0.29) is 35.8 Å². The van der Waals surface area contributed by atoms with Gasteiger partial charge in [-0.15, -0.1) is 24.0 Å². The number of guanidine groups is 1. The first-order chi connectivity index (χ1) is 15.1. The number of nitrogens with zero attached hydrogens (tertiary/aromatic N) is 1. The van der Waals surface area contributed by atoms with E-state index in [0.29, 0.717) is 18.7 Å². The first kappa shape index (κ1) is 26.5. The van der Waals surface area contributed by atoms with Crippen LogP contribution in [-0.4, -0.2) is 51.3 Å². The maximum atomic E-state index is 12.4. The van der Waals surface area contributed by atoms with E-state index in [9.17, 15) is 4.79 Å². The second kappa shape index (κ2) is 13.7. The van der Waals surface area contributed by atoms with E-state index in [1.807, 2.05) is 13.0 Å². The monoisotopic (exact) mass is 558 g/mol. The minimum absolute atomic E-state index is 0. The Balaban J connectivity index is 0.00000363. The van der Waals surface area contributed by atoms with Crippen molar-refractivity contribution in [1.82, 2.24) is 16.0 Å². The van der Waals surface area contributed by atoms with Crippen molar-refractivity contribution < 1.29 is 14.3 Å². The van der Waals surface area contributed by atoms with Crippen molar-refractivity contribution in [1.29, 1.82) is 0 Å². The number of ether oxygens (including phenoxy) is 2. The van der Waals surface area contributed by atoms with Gasteiger partial charge < -0.3 is 25.4 Å². The maximum Gasteiger partial charge on any atom is 0.223 e. The van der Waals surface area contributed by atoms with Gasteiger partial charge in [-0.25, -0.2) is 0 Å². The fourth-order valence-corrected chi connectivity index (χ4v) is 4.14. The van der Waals surface area contributed by atoms with Gasteiger partial charge in [0.2, 0.25) is 5.91 Å². The van der Waals surface area contributed by atoms with Gasteiger partial charge in [-0.2, -0.15) is 0 Å². The molecule has 1 aromatic rings. The summed E-state index contributed by atoms with van der Waals surface area (Å²) in [5.74, 6) is 2.75. The number of amides is 1. The molecule has 2 saturated carbocycles. The van der Waals surface area contributed by atoms with E-state index in [0.717, 1.165) is 75.4 Å². The molecule has 3 rings (SSSR count). The molecule has 32 heavy (non-hydrogen) atoms. The number of rotatable bonds is 10. The topological polar surface area (TPSA) is 84.0 Å². The Kier molecular flexibility index (Phi) is 11.4. The van der Waals surface area contributed by atoms with Gasteiger partial charge in [0, 0.05) is 31.6 Å². The molecule has 0 saturated heterocycles. The number of carbonyl (C=O) groups excluding carboxylic acids is 1. The van der Waals surface area contributed by atoms with Crippen molar-refractivity contribution in [3.05, 3.63) is 23.8 Å². The average Bonchev–Trinajstić information content (AvgIpc) is 3.60. The van der Waals surface area contributed by atoms with Gasteiger partial charge >= 0.3 is 0 Å². The van der Waals surface area contributed by atoms with Gasteiger partial charge in [-0.3, -0.25) is 9.79 Å². The van der Waals surface area contributed by atoms with Crippen molar-refractivity contribution in [2.45, 2.75) is 70.4 Å². The summed E-state index contributed by atoms with van der Waals surface area (Å²) in [6.45, 7) is 3.42. The molecule has 180 valence electrons. The summed E-state index contributed by atoms with van der Waals surface area (Å²) in [5.41, 5.74) is 1.23. The highest BCUT2D eigenvalue weighted by atomic mass is 127. The smallest absolute Gasteiger partial charge is 0.223 e. The number of aryl methyl sites for hydroxylation is 1. The summed E-state index contributed by atoms with van der Waals surface area (Å²) in [5, 5.41) is 10.1. The summed E-state index contributed by atoms with van der Waals surface area (Å²) in [4.78, 5) is 16.8. The normalized spacial score (nSPS) is 20.7. The number of nitrogens with one attached hydrogen (secondary N) is 3. The largest absolute Gasteiger partial charge is 0.493 e. The van der Waals surface area contributed by atoms with Crippen LogP contribution < -0.4 is 25.4 Å². The molecule has 1 aromatic carbocycles. The van der Waals surface area contributed by atoms with Crippen LogP contribution in [0, 0.1) is 5.92 Å². The zero-order valence-electron chi connectivity index (χ0n) is 19.6. The molecule has 2 aliphatic rings. The zero-order chi connectivity index (χ0) is 22.1. The third kappa shape index (κ3) is 8.33. The lowest BCUT2D eigenvalue weighted by atomic mass is 9.85. The lowest BCUT2D eigenvalue weighted by Gasteiger charge is -2.30. The van der Waals surface area contributed by atoms with Gasteiger partial charge in [0.25, 0.3) is 0 Å². The van der Waals surface area contributed by atoms with Crippen molar-refractivity contribution >= 4 is 35.8 Å². The van der Waals surface area contributed by atoms with Crippen LogP contribution in [0.2, 0.25) is 0 Å². The molecule has 3 N–H and O–H groups in total. The van der Waals surface area contributed by atoms with Crippen molar-refractivity contribution in [2.24, 2.45) is 10.9 Å². The van der Waals surface area contributed by atoms with E-state index >= 15 is 0 Å². The van der Waals surface area contributed by atoms with Gasteiger partial charge in [-0.05, 0) is 69.6 Å². The molecule has 2 atom stereocenters. The van der Waals surface area contributed by atoms with Crippen molar-refractivity contribution in [3.63, 3.8) is 0 Å². The van der Waals surface area contributed by atoms with Crippen molar-refractivity contribution in [2.75, 3.05) is 27.3 Å². The summed E-state index contributed by atoms with van der Waals surface area (Å²) in [6, 6.07) is 6.84. The highest BCUT2D eigenvalue weighted by molar-refractivity contribution is 14.0. The van der Waals surface area contributed by atoms with Gasteiger partial charge in [0.05, 0.1) is 13.7 Å². The number of methoxy groups -OCH3 is 1. The molecule has 2 fully saturated rings. The highest BCUT2D eigenvalue weighted by Gasteiger charge is 2.31. The number of aliphatic imine (C=N–C) groups is 1. The van der Waals surface area contributed by atoms with Crippen LogP contribution >= 0.6 is 24.0 Å². The lowest BCUT2D eigenvalue weighted by Crippen LogP contribution is -2.47. The van der Waals surface area contributed by atoms with E-state index in [1.165, 1.54) is 5.56 Å². The molecule has 0 heterocycles. The minimum atomic E-state index is 0. The Morgan fingerprint density at radius 2 is 1.94 bits per heavy atom.